The fraction of sp³-hybridized carbons (Fsp3) is 0.357. The van der Waals surface area contributed by atoms with E-state index in [1.54, 1.807) is 0 Å². The van der Waals surface area contributed by atoms with Gasteiger partial charge < -0.3 is 5.11 Å². The molecule has 1 aromatic rings. The molecule has 1 aliphatic rings. The van der Waals surface area contributed by atoms with Gasteiger partial charge in [-0.05, 0) is 24.3 Å². The Bertz CT molecular complexity index is 386. The van der Waals surface area contributed by atoms with Crippen molar-refractivity contribution in [3.05, 3.63) is 42.0 Å². The summed E-state index contributed by atoms with van der Waals surface area (Å²) in [6.45, 7) is 0. The third kappa shape index (κ3) is 2.51. The molecule has 1 saturated carbocycles. The molecule has 16 heavy (non-hydrogen) atoms. The number of carbonyl (C=O) groups is 1. The summed E-state index contributed by atoms with van der Waals surface area (Å²) in [5.41, 5.74) is 1.26. The summed E-state index contributed by atoms with van der Waals surface area (Å²) in [6.07, 6.45) is 6.64. The van der Waals surface area contributed by atoms with Crippen molar-refractivity contribution in [2.45, 2.75) is 25.7 Å². The minimum atomic E-state index is -0.821. The van der Waals surface area contributed by atoms with Crippen molar-refractivity contribution >= 4 is 11.5 Å². The van der Waals surface area contributed by atoms with Crippen molar-refractivity contribution in [2.75, 3.05) is 0 Å². The second kappa shape index (κ2) is 4.97. The van der Waals surface area contributed by atoms with Crippen LogP contribution in [0.4, 0.5) is 0 Å². The molecule has 84 valence electrons. The van der Waals surface area contributed by atoms with E-state index in [0.29, 0.717) is 11.5 Å². The van der Waals surface area contributed by atoms with Gasteiger partial charge in [-0.3, -0.25) is 0 Å². The maximum atomic E-state index is 11.2. The molecular weight excluding hydrogens is 200 g/mol. The summed E-state index contributed by atoms with van der Waals surface area (Å²) in [6, 6.07) is 9.36. The number of rotatable bonds is 3. The molecule has 0 saturated heterocycles. The molecule has 0 bridgehead atoms. The van der Waals surface area contributed by atoms with E-state index >= 15 is 0 Å². The first-order valence-corrected chi connectivity index (χ1v) is 5.78. The third-order valence-electron chi connectivity index (χ3n) is 3.12. The van der Waals surface area contributed by atoms with Gasteiger partial charge >= 0.3 is 5.97 Å². The number of hydrogen-bond acceptors (Lipinski definition) is 1. The lowest BCUT2D eigenvalue weighted by Gasteiger charge is -2.06. The molecule has 0 unspecified atom stereocenters. The van der Waals surface area contributed by atoms with E-state index in [2.05, 4.69) is 0 Å². The van der Waals surface area contributed by atoms with Crippen LogP contribution in [0.2, 0.25) is 0 Å². The fourth-order valence-electron chi connectivity index (χ4n) is 2.27. The SMILES string of the molecule is O=C(O)C(=CC1CCCC1)c1ccccc1. The largest absolute Gasteiger partial charge is 0.478 e. The minimum Gasteiger partial charge on any atom is -0.478 e. The van der Waals surface area contributed by atoms with Gasteiger partial charge in [0.1, 0.15) is 0 Å². The van der Waals surface area contributed by atoms with Crippen molar-refractivity contribution in [3.63, 3.8) is 0 Å². The van der Waals surface area contributed by atoms with Gasteiger partial charge in [0, 0.05) is 0 Å². The number of carboxylic acids is 1. The molecule has 1 aliphatic carbocycles. The first-order chi connectivity index (χ1) is 7.77. The summed E-state index contributed by atoms with van der Waals surface area (Å²) >= 11 is 0. The monoisotopic (exact) mass is 216 g/mol. The highest BCUT2D eigenvalue weighted by Crippen LogP contribution is 2.29. The van der Waals surface area contributed by atoms with Crippen LogP contribution >= 0.6 is 0 Å². The predicted octanol–water partition coefficient (Wildman–Crippen LogP) is 3.34. The Hall–Kier alpha value is -1.57. The average molecular weight is 216 g/mol. The summed E-state index contributed by atoms with van der Waals surface area (Å²) in [7, 11) is 0. The smallest absolute Gasteiger partial charge is 0.335 e. The zero-order chi connectivity index (χ0) is 11.4. The van der Waals surface area contributed by atoms with Gasteiger partial charge in [0.2, 0.25) is 0 Å². The van der Waals surface area contributed by atoms with E-state index in [9.17, 15) is 9.90 Å². The van der Waals surface area contributed by atoms with E-state index in [1.807, 2.05) is 36.4 Å². The molecule has 0 atom stereocenters. The van der Waals surface area contributed by atoms with Gasteiger partial charge in [0.15, 0.2) is 0 Å². The highest BCUT2D eigenvalue weighted by Gasteiger charge is 2.17. The number of aliphatic carboxylic acids is 1. The Morgan fingerprint density at radius 3 is 2.38 bits per heavy atom. The first-order valence-electron chi connectivity index (χ1n) is 5.78. The van der Waals surface area contributed by atoms with Crippen LogP contribution in [-0.4, -0.2) is 11.1 Å². The van der Waals surface area contributed by atoms with Crippen LogP contribution in [0.15, 0.2) is 36.4 Å². The molecule has 0 aliphatic heterocycles. The van der Waals surface area contributed by atoms with Gasteiger partial charge in [0.25, 0.3) is 0 Å². The summed E-state index contributed by atoms with van der Waals surface area (Å²) in [5.74, 6) is -0.371. The van der Waals surface area contributed by atoms with E-state index in [-0.39, 0.29) is 0 Å². The predicted molar refractivity (Wildman–Crippen MR) is 64.0 cm³/mol. The van der Waals surface area contributed by atoms with E-state index in [1.165, 1.54) is 12.8 Å². The molecule has 0 spiro atoms. The second-order valence-corrected chi connectivity index (χ2v) is 4.30. The van der Waals surface area contributed by atoms with Crippen LogP contribution in [0, 0.1) is 5.92 Å². The Kier molecular flexibility index (Phi) is 3.40. The lowest BCUT2D eigenvalue weighted by molar-refractivity contribution is -0.130. The Morgan fingerprint density at radius 2 is 1.81 bits per heavy atom. The highest BCUT2D eigenvalue weighted by molar-refractivity contribution is 6.15. The quantitative estimate of drug-likeness (QED) is 0.787. The van der Waals surface area contributed by atoms with Crippen molar-refractivity contribution in [3.8, 4) is 0 Å². The molecule has 1 N–H and O–H groups in total. The highest BCUT2D eigenvalue weighted by atomic mass is 16.4. The van der Waals surface area contributed by atoms with Crippen molar-refractivity contribution < 1.29 is 9.90 Å². The number of allylic oxidation sites excluding steroid dienone is 1. The summed E-state index contributed by atoms with van der Waals surface area (Å²) in [4.78, 5) is 11.2. The van der Waals surface area contributed by atoms with Crippen molar-refractivity contribution in [1.82, 2.24) is 0 Å². The molecule has 2 rings (SSSR count). The van der Waals surface area contributed by atoms with Crippen molar-refractivity contribution in [1.29, 1.82) is 0 Å². The minimum absolute atomic E-state index is 0.450. The maximum Gasteiger partial charge on any atom is 0.335 e. The van der Waals surface area contributed by atoms with Crippen LogP contribution in [0.5, 0.6) is 0 Å². The summed E-state index contributed by atoms with van der Waals surface area (Å²) in [5, 5.41) is 9.22. The number of benzene rings is 1. The standard InChI is InChI=1S/C14H16O2/c15-14(16)13(10-11-6-4-5-7-11)12-8-2-1-3-9-12/h1-3,8-11H,4-7H2,(H,15,16). The maximum absolute atomic E-state index is 11.2. The van der Waals surface area contributed by atoms with Crippen molar-refractivity contribution in [2.24, 2.45) is 5.92 Å². The zero-order valence-electron chi connectivity index (χ0n) is 9.23. The number of carboxylic acid groups (broad SMARTS) is 1. The molecule has 0 aromatic heterocycles. The average Bonchev–Trinajstić information content (AvgIpc) is 2.79. The molecule has 0 amide bonds. The van der Waals surface area contributed by atoms with Gasteiger partial charge in [-0.2, -0.15) is 0 Å². The molecule has 0 radical (unpaired) electrons. The third-order valence-corrected chi connectivity index (χ3v) is 3.12. The van der Waals surface area contributed by atoms with Crippen LogP contribution < -0.4 is 0 Å². The van der Waals surface area contributed by atoms with E-state index in [4.69, 9.17) is 0 Å². The molecule has 1 aromatic carbocycles. The van der Waals surface area contributed by atoms with E-state index in [0.717, 1.165) is 18.4 Å². The summed E-state index contributed by atoms with van der Waals surface area (Å²) < 4.78 is 0. The molecule has 0 heterocycles. The second-order valence-electron chi connectivity index (χ2n) is 4.30. The van der Waals surface area contributed by atoms with E-state index < -0.39 is 5.97 Å². The fourth-order valence-corrected chi connectivity index (χ4v) is 2.27. The van der Waals surface area contributed by atoms with Crippen LogP contribution in [0.25, 0.3) is 5.57 Å². The van der Waals surface area contributed by atoms with Crippen LogP contribution in [-0.2, 0) is 4.79 Å². The lowest BCUT2D eigenvalue weighted by atomic mass is 9.99. The first kappa shape index (κ1) is 10.9. The Morgan fingerprint density at radius 1 is 1.19 bits per heavy atom. The molecule has 2 nitrogen and oxygen atoms in total. The van der Waals surface area contributed by atoms with Gasteiger partial charge in [0.05, 0.1) is 5.57 Å². The number of hydrogen-bond donors (Lipinski definition) is 1. The normalized spacial score (nSPS) is 17.6. The molecule has 2 heteroatoms. The lowest BCUT2D eigenvalue weighted by Crippen LogP contribution is -2.02. The molecule has 1 fully saturated rings. The topological polar surface area (TPSA) is 37.3 Å². The van der Waals surface area contributed by atoms with Crippen LogP contribution in [0.1, 0.15) is 31.2 Å². The Labute approximate surface area is 95.6 Å². The zero-order valence-corrected chi connectivity index (χ0v) is 9.23. The van der Waals surface area contributed by atoms with Crippen LogP contribution in [0.3, 0.4) is 0 Å². The Balaban J connectivity index is 2.26. The van der Waals surface area contributed by atoms with Gasteiger partial charge in [-0.15, -0.1) is 0 Å². The molecular formula is C14H16O2. The van der Waals surface area contributed by atoms with Gasteiger partial charge in [-0.1, -0.05) is 49.2 Å². The van der Waals surface area contributed by atoms with Gasteiger partial charge in [-0.25, -0.2) is 4.79 Å².